The van der Waals surface area contributed by atoms with Crippen molar-refractivity contribution in [2.45, 2.75) is 17.7 Å². The van der Waals surface area contributed by atoms with Gasteiger partial charge < -0.3 is 0 Å². The highest BCUT2D eigenvalue weighted by molar-refractivity contribution is 7.99. The van der Waals surface area contributed by atoms with Gasteiger partial charge in [0.2, 0.25) is 0 Å². The Hall–Kier alpha value is -1.09. The Kier molecular flexibility index (Phi) is 1.18. The summed E-state index contributed by atoms with van der Waals surface area (Å²) in [5.41, 5.74) is 4.28. The van der Waals surface area contributed by atoms with Gasteiger partial charge in [0, 0.05) is 28.1 Å². The van der Waals surface area contributed by atoms with Gasteiger partial charge in [0.15, 0.2) is 0 Å². The molecular weight excluding hydrogens is 192 g/mol. The van der Waals surface area contributed by atoms with Crippen molar-refractivity contribution in [2.75, 3.05) is 5.88 Å². The molecule has 2 nitrogen and oxygen atoms in total. The van der Waals surface area contributed by atoms with Gasteiger partial charge in [-0.05, 0) is 24.0 Å². The van der Waals surface area contributed by atoms with Crippen LogP contribution in [0.4, 0.5) is 0 Å². The largest absolute Gasteiger partial charge is 0.273 e. The van der Waals surface area contributed by atoms with Crippen molar-refractivity contribution in [3.05, 3.63) is 27.3 Å². The Labute approximate surface area is 85.5 Å². The molecule has 0 radical (unpaired) electrons. The minimum atomic E-state index is 0.912. The molecule has 2 bridgehead atoms. The number of aliphatic imine (C=N–C) groups is 1. The van der Waals surface area contributed by atoms with E-state index < -0.39 is 0 Å². The first-order chi connectivity index (χ1) is 6.95. The quantitative estimate of drug-likeness (QED) is 0.603. The molecule has 68 valence electrons. The van der Waals surface area contributed by atoms with Crippen molar-refractivity contribution in [1.82, 2.24) is 0 Å². The van der Waals surface area contributed by atoms with Crippen LogP contribution in [0.2, 0.25) is 0 Å². The average molecular weight is 200 g/mol. The van der Waals surface area contributed by atoms with Crippen molar-refractivity contribution in [3.8, 4) is 0 Å². The molecule has 5 rings (SSSR count). The minimum absolute atomic E-state index is 0.912. The zero-order chi connectivity index (χ0) is 9.12. The highest BCUT2D eigenvalue weighted by atomic mass is 32.2. The molecule has 0 N–H and O–H groups in total. The Morgan fingerprint density at radius 3 is 3.14 bits per heavy atom. The first kappa shape index (κ1) is 7.23. The highest BCUT2D eigenvalue weighted by Gasteiger charge is 2.25. The maximum atomic E-state index is 4.58. The molecule has 0 aromatic heterocycles. The third-order valence-corrected chi connectivity index (χ3v) is 4.17. The molecule has 1 aromatic rings. The van der Waals surface area contributed by atoms with Crippen LogP contribution in [0, 0.1) is 0 Å². The van der Waals surface area contributed by atoms with Gasteiger partial charge in [0.05, 0.1) is 11.2 Å². The maximum absolute atomic E-state index is 4.58. The molecule has 0 saturated heterocycles. The number of fused-ring (bicyclic) bond motifs is 1. The molecular formula is C11H8N2S. The monoisotopic (exact) mass is 200 g/mol. The van der Waals surface area contributed by atoms with Crippen LogP contribution < -0.4 is 10.6 Å². The van der Waals surface area contributed by atoms with E-state index in [0.717, 1.165) is 12.3 Å². The van der Waals surface area contributed by atoms with E-state index in [-0.39, 0.29) is 0 Å². The van der Waals surface area contributed by atoms with Crippen LogP contribution in [0.25, 0.3) is 6.20 Å². The summed E-state index contributed by atoms with van der Waals surface area (Å²) >= 11 is 1.88. The minimum Gasteiger partial charge on any atom is -0.273 e. The molecule has 14 heavy (non-hydrogen) atoms. The van der Waals surface area contributed by atoms with E-state index in [4.69, 9.17) is 0 Å². The lowest BCUT2D eigenvalue weighted by Crippen LogP contribution is -2.31. The SMILES string of the molecule is C1=NC=c2c1c1c3c(c2CC1)SCN=3. The summed E-state index contributed by atoms with van der Waals surface area (Å²) in [5.74, 6) is 0.912. The third-order valence-electron chi connectivity index (χ3n) is 3.18. The van der Waals surface area contributed by atoms with E-state index in [1.54, 1.807) is 0 Å². The zero-order valence-electron chi connectivity index (χ0n) is 7.58. The molecule has 0 atom stereocenters. The first-order valence-corrected chi connectivity index (χ1v) is 5.82. The topological polar surface area (TPSA) is 24.7 Å². The number of hydrogen-bond donors (Lipinski definition) is 0. The van der Waals surface area contributed by atoms with E-state index in [0.29, 0.717) is 0 Å². The van der Waals surface area contributed by atoms with Crippen molar-refractivity contribution >= 4 is 24.2 Å². The summed E-state index contributed by atoms with van der Waals surface area (Å²) in [4.78, 5) is 10.3. The van der Waals surface area contributed by atoms with Gasteiger partial charge >= 0.3 is 0 Å². The lowest BCUT2D eigenvalue weighted by atomic mass is 9.88. The number of nitrogens with zero attached hydrogens (tertiary/aromatic N) is 2. The Balaban J connectivity index is 2.34. The number of rotatable bonds is 0. The maximum Gasteiger partial charge on any atom is 0.0898 e. The molecule has 0 fully saturated rings. The molecule has 0 saturated carbocycles. The average Bonchev–Trinajstić information content (AvgIpc) is 2.88. The standard InChI is InChI=1S/C11H8N2S/c1-2-7-9-4-12-3-8(9)6(1)10-11(7)14-5-13-10/h3-4H,1-2,5H2. The molecule has 0 spiro atoms. The van der Waals surface area contributed by atoms with Gasteiger partial charge in [0.25, 0.3) is 0 Å². The van der Waals surface area contributed by atoms with Crippen LogP contribution in [-0.4, -0.2) is 12.1 Å². The van der Waals surface area contributed by atoms with Crippen LogP contribution in [0.15, 0.2) is 14.9 Å². The number of thioether (sulfide) groups is 1. The van der Waals surface area contributed by atoms with Crippen LogP contribution in [0.1, 0.15) is 16.7 Å². The second-order valence-electron chi connectivity index (χ2n) is 3.80. The van der Waals surface area contributed by atoms with Crippen molar-refractivity contribution in [3.63, 3.8) is 0 Å². The van der Waals surface area contributed by atoms with Crippen molar-refractivity contribution in [2.24, 2.45) is 9.98 Å². The third kappa shape index (κ3) is 0.673. The summed E-state index contributed by atoms with van der Waals surface area (Å²) in [5, 5.41) is 2.64. The number of benzene rings is 1. The summed E-state index contributed by atoms with van der Waals surface area (Å²) in [6.45, 7) is 0. The summed E-state index contributed by atoms with van der Waals surface area (Å²) in [7, 11) is 0. The Morgan fingerprint density at radius 1 is 1.21 bits per heavy atom. The van der Waals surface area contributed by atoms with Crippen LogP contribution in [-0.2, 0) is 12.8 Å². The Bertz CT molecular complexity index is 599. The summed E-state index contributed by atoms with van der Waals surface area (Å²) < 4.78 is 0. The first-order valence-electron chi connectivity index (χ1n) is 4.83. The van der Waals surface area contributed by atoms with Gasteiger partial charge in [0.1, 0.15) is 0 Å². The molecule has 4 aliphatic rings. The lowest BCUT2D eigenvalue weighted by molar-refractivity contribution is 0.838. The molecule has 3 heteroatoms. The number of hydrogen-bond acceptors (Lipinski definition) is 3. The van der Waals surface area contributed by atoms with E-state index >= 15 is 0 Å². The fourth-order valence-electron chi connectivity index (χ4n) is 2.57. The predicted octanol–water partition coefficient (Wildman–Crippen LogP) is 0.639. The second kappa shape index (κ2) is 2.28. The van der Waals surface area contributed by atoms with Gasteiger partial charge in [-0.15, -0.1) is 0 Å². The van der Waals surface area contributed by atoms with E-state index in [2.05, 4.69) is 9.98 Å². The van der Waals surface area contributed by atoms with Gasteiger partial charge in [-0.3, -0.25) is 9.98 Å². The van der Waals surface area contributed by atoms with Crippen LogP contribution >= 0.6 is 11.8 Å². The molecule has 2 aliphatic heterocycles. The lowest BCUT2D eigenvalue weighted by Gasteiger charge is -2.18. The van der Waals surface area contributed by atoms with E-state index in [1.807, 2.05) is 24.2 Å². The van der Waals surface area contributed by atoms with E-state index in [9.17, 15) is 0 Å². The Morgan fingerprint density at radius 2 is 2.14 bits per heavy atom. The fourth-order valence-corrected chi connectivity index (χ4v) is 3.61. The molecule has 1 aromatic carbocycles. The van der Waals surface area contributed by atoms with Crippen LogP contribution in [0.3, 0.4) is 0 Å². The molecule has 2 heterocycles. The van der Waals surface area contributed by atoms with Crippen molar-refractivity contribution in [1.29, 1.82) is 0 Å². The van der Waals surface area contributed by atoms with Crippen LogP contribution in [0.5, 0.6) is 0 Å². The summed E-state index contributed by atoms with van der Waals surface area (Å²) in [6.07, 6.45) is 6.35. The fraction of sp³-hybridized carbons (Fsp3) is 0.273. The van der Waals surface area contributed by atoms with Gasteiger partial charge in [-0.1, -0.05) is 11.8 Å². The highest BCUT2D eigenvalue weighted by Crippen LogP contribution is 2.28. The molecule has 0 unspecified atom stereocenters. The van der Waals surface area contributed by atoms with Gasteiger partial charge in [-0.25, -0.2) is 0 Å². The molecule has 0 amide bonds. The van der Waals surface area contributed by atoms with Gasteiger partial charge in [-0.2, -0.15) is 0 Å². The van der Waals surface area contributed by atoms with E-state index in [1.165, 1.54) is 38.6 Å². The normalized spacial score (nSPS) is 19.1. The van der Waals surface area contributed by atoms with Crippen molar-refractivity contribution < 1.29 is 0 Å². The predicted molar refractivity (Wildman–Crippen MR) is 57.4 cm³/mol. The summed E-state index contributed by atoms with van der Waals surface area (Å²) in [6, 6.07) is 0. The molecule has 2 aliphatic carbocycles. The zero-order valence-corrected chi connectivity index (χ0v) is 8.40. The smallest absolute Gasteiger partial charge is 0.0898 e. The second-order valence-corrected chi connectivity index (χ2v) is 4.76.